The molecule has 0 atom stereocenters. The van der Waals surface area contributed by atoms with E-state index in [0.717, 1.165) is 16.7 Å². The standard InChI is InChI=1S/C26H23NO5/c1-17-10-18(2)12-21(11-17)32-24-15-31-23-13-20(8-9-22(23)26(24)29)30-16-25(28)27-14-19-6-4-3-5-7-19/h3-13,15H,14,16H2,1-2H3,(H,27,28). The van der Waals surface area contributed by atoms with E-state index < -0.39 is 0 Å². The predicted octanol–water partition coefficient (Wildman–Crippen LogP) is 4.90. The van der Waals surface area contributed by atoms with Crippen LogP contribution in [0.2, 0.25) is 0 Å². The van der Waals surface area contributed by atoms with Crippen LogP contribution in [0.25, 0.3) is 11.0 Å². The van der Waals surface area contributed by atoms with E-state index in [0.29, 0.717) is 29.0 Å². The minimum Gasteiger partial charge on any atom is -0.484 e. The summed E-state index contributed by atoms with van der Waals surface area (Å²) in [6.07, 6.45) is 1.29. The quantitative estimate of drug-likeness (QED) is 0.452. The van der Waals surface area contributed by atoms with E-state index in [1.165, 1.54) is 6.26 Å². The number of hydrogen-bond donors (Lipinski definition) is 1. The summed E-state index contributed by atoms with van der Waals surface area (Å²) >= 11 is 0. The Morgan fingerprint density at radius 1 is 0.938 bits per heavy atom. The van der Waals surface area contributed by atoms with E-state index in [1.54, 1.807) is 18.2 Å². The third-order valence-corrected chi connectivity index (χ3v) is 4.84. The molecule has 0 aliphatic rings. The van der Waals surface area contributed by atoms with Gasteiger partial charge in [-0.05, 0) is 54.8 Å². The Bertz CT molecular complexity index is 1290. The van der Waals surface area contributed by atoms with Gasteiger partial charge in [-0.15, -0.1) is 0 Å². The summed E-state index contributed by atoms with van der Waals surface area (Å²) < 4.78 is 16.9. The van der Waals surface area contributed by atoms with E-state index in [9.17, 15) is 9.59 Å². The molecule has 1 N–H and O–H groups in total. The number of amides is 1. The lowest BCUT2D eigenvalue weighted by atomic mass is 10.1. The Kier molecular flexibility index (Phi) is 6.22. The predicted molar refractivity (Wildman–Crippen MR) is 122 cm³/mol. The Hall–Kier alpha value is -4.06. The van der Waals surface area contributed by atoms with Gasteiger partial charge in [-0.25, -0.2) is 0 Å². The van der Waals surface area contributed by atoms with Crippen molar-refractivity contribution in [3.63, 3.8) is 0 Å². The SMILES string of the molecule is Cc1cc(C)cc(Oc2coc3cc(OCC(=O)NCc4ccccc4)ccc3c2=O)c1. The van der Waals surface area contributed by atoms with Crippen LogP contribution in [-0.2, 0) is 11.3 Å². The number of carbonyl (C=O) groups excluding carboxylic acids is 1. The van der Waals surface area contributed by atoms with Gasteiger partial charge in [0, 0.05) is 12.6 Å². The van der Waals surface area contributed by atoms with Crippen molar-refractivity contribution in [3.05, 3.63) is 99.9 Å². The Morgan fingerprint density at radius 2 is 1.69 bits per heavy atom. The van der Waals surface area contributed by atoms with Gasteiger partial charge in [0.2, 0.25) is 11.2 Å². The first-order valence-corrected chi connectivity index (χ1v) is 10.2. The van der Waals surface area contributed by atoms with E-state index in [2.05, 4.69) is 5.32 Å². The molecule has 32 heavy (non-hydrogen) atoms. The molecule has 0 aliphatic carbocycles. The lowest BCUT2D eigenvalue weighted by molar-refractivity contribution is -0.123. The zero-order valence-electron chi connectivity index (χ0n) is 17.9. The Labute approximate surface area is 185 Å². The Morgan fingerprint density at radius 3 is 2.44 bits per heavy atom. The van der Waals surface area contributed by atoms with Gasteiger partial charge in [0.1, 0.15) is 23.3 Å². The smallest absolute Gasteiger partial charge is 0.258 e. The largest absolute Gasteiger partial charge is 0.484 e. The van der Waals surface area contributed by atoms with Crippen LogP contribution in [0.15, 0.2) is 82.2 Å². The van der Waals surface area contributed by atoms with Crippen LogP contribution in [0, 0.1) is 13.8 Å². The number of fused-ring (bicyclic) bond motifs is 1. The average Bonchev–Trinajstić information content (AvgIpc) is 2.78. The first kappa shape index (κ1) is 21.2. The fourth-order valence-corrected chi connectivity index (χ4v) is 3.37. The van der Waals surface area contributed by atoms with Crippen LogP contribution in [0.4, 0.5) is 0 Å². The molecule has 6 heteroatoms. The first-order chi connectivity index (χ1) is 15.5. The second kappa shape index (κ2) is 9.39. The van der Waals surface area contributed by atoms with Crippen molar-refractivity contribution < 1.29 is 18.7 Å². The van der Waals surface area contributed by atoms with Crippen molar-refractivity contribution in [1.82, 2.24) is 5.32 Å². The van der Waals surface area contributed by atoms with Gasteiger partial charge in [0.15, 0.2) is 6.61 Å². The number of hydrogen-bond acceptors (Lipinski definition) is 5. The highest BCUT2D eigenvalue weighted by molar-refractivity contribution is 5.80. The molecule has 0 bridgehead atoms. The summed E-state index contributed by atoms with van der Waals surface area (Å²) in [6, 6.07) is 20.2. The van der Waals surface area contributed by atoms with Gasteiger partial charge >= 0.3 is 0 Å². The van der Waals surface area contributed by atoms with E-state index >= 15 is 0 Å². The maximum atomic E-state index is 12.8. The van der Waals surface area contributed by atoms with Gasteiger partial charge in [-0.1, -0.05) is 36.4 Å². The minimum atomic E-state index is -0.280. The Balaban J connectivity index is 1.42. The third-order valence-electron chi connectivity index (χ3n) is 4.84. The maximum absolute atomic E-state index is 12.8. The molecular weight excluding hydrogens is 406 g/mol. The zero-order valence-corrected chi connectivity index (χ0v) is 17.9. The molecule has 0 spiro atoms. The first-order valence-electron chi connectivity index (χ1n) is 10.2. The number of carbonyl (C=O) groups is 1. The van der Waals surface area contributed by atoms with Crippen LogP contribution in [0.1, 0.15) is 16.7 Å². The van der Waals surface area contributed by atoms with Crippen molar-refractivity contribution in [3.8, 4) is 17.2 Å². The van der Waals surface area contributed by atoms with Crippen molar-refractivity contribution in [1.29, 1.82) is 0 Å². The van der Waals surface area contributed by atoms with Gasteiger partial charge in [0.05, 0.1) is 5.39 Å². The van der Waals surface area contributed by atoms with Crippen LogP contribution >= 0.6 is 0 Å². The zero-order chi connectivity index (χ0) is 22.5. The summed E-state index contributed by atoms with van der Waals surface area (Å²) in [5.74, 6) is 0.873. The number of rotatable bonds is 7. The van der Waals surface area contributed by atoms with E-state index in [-0.39, 0.29) is 23.7 Å². The number of aryl methyl sites for hydroxylation is 2. The molecule has 1 heterocycles. The highest BCUT2D eigenvalue weighted by Gasteiger charge is 2.11. The van der Waals surface area contributed by atoms with Crippen molar-refractivity contribution in [2.45, 2.75) is 20.4 Å². The maximum Gasteiger partial charge on any atom is 0.258 e. The third kappa shape index (κ3) is 5.16. The molecule has 1 amide bonds. The summed E-state index contributed by atoms with van der Waals surface area (Å²) in [7, 11) is 0. The molecule has 4 rings (SSSR count). The summed E-state index contributed by atoms with van der Waals surface area (Å²) in [5.41, 5.74) is 3.16. The molecular formula is C26H23NO5. The van der Waals surface area contributed by atoms with Crippen LogP contribution in [-0.4, -0.2) is 12.5 Å². The number of nitrogens with one attached hydrogen (secondary N) is 1. The van der Waals surface area contributed by atoms with Crippen molar-refractivity contribution in [2.75, 3.05) is 6.61 Å². The van der Waals surface area contributed by atoms with Crippen LogP contribution in [0.3, 0.4) is 0 Å². The van der Waals surface area contributed by atoms with Crippen molar-refractivity contribution in [2.24, 2.45) is 0 Å². The highest BCUT2D eigenvalue weighted by Crippen LogP contribution is 2.25. The van der Waals surface area contributed by atoms with Crippen molar-refractivity contribution >= 4 is 16.9 Å². The lowest BCUT2D eigenvalue weighted by Crippen LogP contribution is -2.28. The summed E-state index contributed by atoms with van der Waals surface area (Å²) in [4.78, 5) is 24.9. The lowest BCUT2D eigenvalue weighted by Gasteiger charge is -2.09. The molecule has 0 unspecified atom stereocenters. The molecule has 0 fully saturated rings. The monoisotopic (exact) mass is 429 g/mol. The average molecular weight is 429 g/mol. The fourth-order valence-electron chi connectivity index (χ4n) is 3.37. The van der Waals surface area contributed by atoms with Crippen LogP contribution < -0.4 is 20.2 Å². The van der Waals surface area contributed by atoms with Gasteiger partial charge < -0.3 is 19.2 Å². The fraction of sp³-hybridized carbons (Fsp3) is 0.154. The van der Waals surface area contributed by atoms with Gasteiger partial charge in [-0.3, -0.25) is 9.59 Å². The molecule has 162 valence electrons. The second-order valence-corrected chi connectivity index (χ2v) is 7.56. The van der Waals surface area contributed by atoms with E-state index in [1.807, 2.05) is 62.4 Å². The topological polar surface area (TPSA) is 77.8 Å². The minimum absolute atomic E-state index is 0.108. The normalized spacial score (nSPS) is 10.7. The second-order valence-electron chi connectivity index (χ2n) is 7.56. The van der Waals surface area contributed by atoms with Gasteiger partial charge in [-0.2, -0.15) is 0 Å². The van der Waals surface area contributed by atoms with Gasteiger partial charge in [0.25, 0.3) is 5.91 Å². The molecule has 0 saturated carbocycles. The molecule has 3 aromatic carbocycles. The summed E-state index contributed by atoms with van der Waals surface area (Å²) in [5, 5.41) is 3.17. The molecule has 0 aliphatic heterocycles. The molecule has 0 saturated heterocycles. The molecule has 0 radical (unpaired) electrons. The number of benzene rings is 3. The molecule has 1 aromatic heterocycles. The summed E-state index contributed by atoms with van der Waals surface area (Å²) in [6.45, 7) is 4.22. The van der Waals surface area contributed by atoms with Crippen LogP contribution in [0.5, 0.6) is 17.2 Å². The van der Waals surface area contributed by atoms with E-state index in [4.69, 9.17) is 13.9 Å². The number of ether oxygens (including phenoxy) is 2. The molecule has 6 nitrogen and oxygen atoms in total. The highest BCUT2D eigenvalue weighted by atomic mass is 16.5. The molecule has 4 aromatic rings.